The molecule has 0 aromatic heterocycles. The highest BCUT2D eigenvalue weighted by atomic mass is 79.9. The first-order chi connectivity index (χ1) is 17.3. The average molecular weight is 610 g/mol. The standard InChI is InChI=1S/2C14H13BrN2.CH4O/c2*1-10-3-6-12(7-4-10)16-17-13-8-5-11(2)14(15)9-13;1-2/h2*3-9H,1-2H3;2H,1H3. The Labute approximate surface area is 230 Å². The number of hydrogen-bond donors (Lipinski definition) is 1. The zero-order valence-corrected chi connectivity index (χ0v) is 24.2. The van der Waals surface area contributed by atoms with Crippen LogP contribution in [0.15, 0.2) is 114 Å². The second kappa shape index (κ2) is 15.2. The number of azo groups is 2. The Bertz CT molecular complexity index is 1200. The molecule has 1 N–H and O–H groups in total. The molecule has 4 aromatic carbocycles. The molecule has 0 aliphatic rings. The van der Waals surface area contributed by atoms with E-state index < -0.39 is 0 Å². The highest BCUT2D eigenvalue weighted by Crippen LogP contribution is 2.25. The minimum Gasteiger partial charge on any atom is -0.400 e. The molecular weight excluding hydrogens is 580 g/mol. The lowest BCUT2D eigenvalue weighted by Crippen LogP contribution is -1.73. The van der Waals surface area contributed by atoms with Gasteiger partial charge in [-0.2, -0.15) is 20.5 Å². The van der Waals surface area contributed by atoms with Gasteiger partial charge in [-0.3, -0.25) is 0 Å². The Hall–Kier alpha value is -3.00. The first kappa shape index (κ1) is 29.2. The highest BCUT2D eigenvalue weighted by Gasteiger charge is 1.97. The minimum absolute atomic E-state index is 0.850. The molecule has 5 nitrogen and oxygen atoms in total. The van der Waals surface area contributed by atoms with Crippen molar-refractivity contribution in [3.05, 3.63) is 116 Å². The fourth-order valence-electron chi connectivity index (χ4n) is 2.74. The van der Waals surface area contributed by atoms with Crippen molar-refractivity contribution in [3.63, 3.8) is 0 Å². The molecule has 7 heteroatoms. The van der Waals surface area contributed by atoms with Gasteiger partial charge in [-0.1, -0.05) is 79.4 Å². The van der Waals surface area contributed by atoms with E-state index in [9.17, 15) is 0 Å². The van der Waals surface area contributed by atoms with Crippen molar-refractivity contribution in [2.75, 3.05) is 7.11 Å². The molecule has 4 rings (SSSR count). The number of aliphatic hydroxyl groups is 1. The van der Waals surface area contributed by atoms with Crippen molar-refractivity contribution < 1.29 is 5.11 Å². The topological polar surface area (TPSA) is 69.7 Å². The van der Waals surface area contributed by atoms with Crippen molar-refractivity contribution >= 4 is 54.6 Å². The monoisotopic (exact) mass is 608 g/mol. The van der Waals surface area contributed by atoms with E-state index >= 15 is 0 Å². The van der Waals surface area contributed by atoms with Gasteiger partial charge in [0, 0.05) is 16.1 Å². The molecule has 36 heavy (non-hydrogen) atoms. The summed E-state index contributed by atoms with van der Waals surface area (Å²) in [7, 11) is 1.00. The van der Waals surface area contributed by atoms with Gasteiger partial charge in [-0.25, -0.2) is 0 Å². The molecular formula is C29H30Br2N4O. The van der Waals surface area contributed by atoms with Gasteiger partial charge < -0.3 is 5.11 Å². The molecule has 0 bridgehead atoms. The number of halogens is 2. The van der Waals surface area contributed by atoms with Gasteiger partial charge in [-0.05, 0) is 87.4 Å². The SMILES string of the molecule is CO.Cc1ccc(N=Nc2ccc(C)c(Br)c2)cc1.Cc1ccc(N=Nc2ccc(C)c(Br)c2)cc1. The fraction of sp³-hybridized carbons (Fsp3) is 0.172. The Kier molecular flexibility index (Phi) is 12.3. The third-order valence-electron chi connectivity index (χ3n) is 4.94. The third-order valence-corrected chi connectivity index (χ3v) is 6.65. The van der Waals surface area contributed by atoms with E-state index in [2.05, 4.69) is 66.2 Å². The summed E-state index contributed by atoms with van der Waals surface area (Å²) in [4.78, 5) is 0. The van der Waals surface area contributed by atoms with Crippen molar-refractivity contribution in [1.29, 1.82) is 0 Å². The zero-order valence-electron chi connectivity index (χ0n) is 21.1. The number of aliphatic hydroxyl groups excluding tert-OH is 1. The molecule has 0 heterocycles. The summed E-state index contributed by atoms with van der Waals surface area (Å²) in [5.41, 5.74) is 8.27. The third kappa shape index (κ3) is 9.93. The summed E-state index contributed by atoms with van der Waals surface area (Å²) >= 11 is 6.96. The molecule has 4 aromatic rings. The van der Waals surface area contributed by atoms with Crippen molar-refractivity contribution in [3.8, 4) is 0 Å². The maximum Gasteiger partial charge on any atom is 0.0868 e. The molecule has 0 fully saturated rings. The lowest BCUT2D eigenvalue weighted by atomic mass is 10.2. The zero-order chi connectivity index (χ0) is 26.5. The van der Waals surface area contributed by atoms with Crippen LogP contribution in [0.3, 0.4) is 0 Å². The number of nitrogens with zero attached hydrogens (tertiary/aromatic N) is 4. The molecule has 0 saturated heterocycles. The van der Waals surface area contributed by atoms with Gasteiger partial charge in [0.05, 0.1) is 22.7 Å². The smallest absolute Gasteiger partial charge is 0.0868 e. The van der Waals surface area contributed by atoms with E-state index in [1.54, 1.807) is 0 Å². The average Bonchev–Trinajstić information content (AvgIpc) is 2.89. The second-order valence-electron chi connectivity index (χ2n) is 7.94. The summed E-state index contributed by atoms with van der Waals surface area (Å²) in [6.07, 6.45) is 0. The van der Waals surface area contributed by atoms with Crippen LogP contribution in [-0.2, 0) is 0 Å². The molecule has 186 valence electrons. The lowest BCUT2D eigenvalue weighted by molar-refractivity contribution is 0.399. The quantitative estimate of drug-likeness (QED) is 0.230. The van der Waals surface area contributed by atoms with Crippen LogP contribution in [0.25, 0.3) is 0 Å². The van der Waals surface area contributed by atoms with Gasteiger partial charge in [0.1, 0.15) is 0 Å². The molecule has 0 atom stereocenters. The van der Waals surface area contributed by atoms with E-state index in [0.29, 0.717) is 0 Å². The van der Waals surface area contributed by atoms with Crippen LogP contribution in [-0.4, -0.2) is 12.2 Å². The Morgan fingerprint density at radius 1 is 0.444 bits per heavy atom. The first-order valence-corrected chi connectivity index (χ1v) is 12.8. The van der Waals surface area contributed by atoms with Gasteiger partial charge >= 0.3 is 0 Å². The van der Waals surface area contributed by atoms with E-state index in [1.807, 2.05) is 98.8 Å². The van der Waals surface area contributed by atoms with Crippen LogP contribution in [0.4, 0.5) is 22.7 Å². The van der Waals surface area contributed by atoms with Crippen molar-refractivity contribution in [2.24, 2.45) is 20.5 Å². The van der Waals surface area contributed by atoms with E-state index in [1.165, 1.54) is 22.3 Å². The first-order valence-electron chi connectivity index (χ1n) is 11.2. The molecule has 0 unspecified atom stereocenters. The van der Waals surface area contributed by atoms with Crippen molar-refractivity contribution in [1.82, 2.24) is 0 Å². The minimum atomic E-state index is 0.850. The van der Waals surface area contributed by atoms with Gasteiger partial charge in [-0.15, -0.1) is 0 Å². The molecule has 0 aliphatic carbocycles. The van der Waals surface area contributed by atoms with Gasteiger partial charge in [0.15, 0.2) is 0 Å². The Morgan fingerprint density at radius 2 is 0.722 bits per heavy atom. The molecule has 0 saturated carbocycles. The van der Waals surface area contributed by atoms with Crippen molar-refractivity contribution in [2.45, 2.75) is 27.7 Å². The van der Waals surface area contributed by atoms with Crippen LogP contribution in [0, 0.1) is 27.7 Å². The largest absolute Gasteiger partial charge is 0.400 e. The maximum atomic E-state index is 7.00. The van der Waals surface area contributed by atoms with Gasteiger partial charge in [0.2, 0.25) is 0 Å². The maximum absolute atomic E-state index is 7.00. The molecule has 0 amide bonds. The van der Waals surface area contributed by atoms with Gasteiger partial charge in [0.25, 0.3) is 0 Å². The predicted octanol–water partition coefficient (Wildman–Crippen LogP) is 10.6. The molecule has 0 spiro atoms. The number of rotatable bonds is 4. The summed E-state index contributed by atoms with van der Waals surface area (Å²) < 4.78 is 2.11. The number of benzene rings is 4. The lowest BCUT2D eigenvalue weighted by Gasteiger charge is -1.98. The van der Waals surface area contributed by atoms with Crippen LogP contribution in [0.2, 0.25) is 0 Å². The second-order valence-corrected chi connectivity index (χ2v) is 9.65. The van der Waals surface area contributed by atoms with E-state index in [0.717, 1.165) is 38.8 Å². The highest BCUT2D eigenvalue weighted by molar-refractivity contribution is 9.10. The normalized spacial score (nSPS) is 10.6. The van der Waals surface area contributed by atoms with Crippen LogP contribution < -0.4 is 0 Å². The van der Waals surface area contributed by atoms with E-state index in [-0.39, 0.29) is 0 Å². The number of hydrogen-bond acceptors (Lipinski definition) is 5. The predicted molar refractivity (Wildman–Crippen MR) is 157 cm³/mol. The van der Waals surface area contributed by atoms with Crippen LogP contribution in [0.5, 0.6) is 0 Å². The summed E-state index contributed by atoms with van der Waals surface area (Å²) in [5, 5.41) is 23.8. The van der Waals surface area contributed by atoms with Crippen LogP contribution >= 0.6 is 31.9 Å². The Balaban J connectivity index is 0.000000237. The summed E-state index contributed by atoms with van der Waals surface area (Å²) in [5.74, 6) is 0. The molecule has 0 aliphatic heterocycles. The fourth-order valence-corrected chi connectivity index (χ4v) is 3.48. The van der Waals surface area contributed by atoms with E-state index in [4.69, 9.17) is 5.11 Å². The summed E-state index contributed by atoms with van der Waals surface area (Å²) in [6.45, 7) is 8.20. The molecule has 0 radical (unpaired) electrons. The van der Waals surface area contributed by atoms with Crippen LogP contribution in [0.1, 0.15) is 22.3 Å². The Morgan fingerprint density at radius 3 is 1.03 bits per heavy atom. The number of aryl methyl sites for hydroxylation is 4. The summed E-state index contributed by atoms with van der Waals surface area (Å²) in [6, 6.07) is 27.8.